The van der Waals surface area contributed by atoms with Crippen molar-refractivity contribution in [3.63, 3.8) is 0 Å². The lowest BCUT2D eigenvalue weighted by Crippen LogP contribution is -2.43. The topological polar surface area (TPSA) is 24.9 Å². The predicted molar refractivity (Wildman–Crippen MR) is 90.5 cm³/mol. The van der Waals surface area contributed by atoms with Gasteiger partial charge >= 0.3 is 0 Å². The van der Waals surface area contributed by atoms with Crippen molar-refractivity contribution in [3.05, 3.63) is 22.4 Å². The van der Waals surface area contributed by atoms with Gasteiger partial charge in [-0.25, -0.2) is 0 Å². The van der Waals surface area contributed by atoms with E-state index in [-0.39, 0.29) is 0 Å². The SMILES string of the molecule is CN(CC1CCOCC1)CC(c1cccs1)N1CCOCC1. The van der Waals surface area contributed by atoms with E-state index in [4.69, 9.17) is 9.47 Å². The van der Waals surface area contributed by atoms with Crippen molar-refractivity contribution in [1.82, 2.24) is 9.80 Å². The summed E-state index contributed by atoms with van der Waals surface area (Å²) >= 11 is 1.88. The van der Waals surface area contributed by atoms with Gasteiger partial charge in [-0.1, -0.05) is 6.07 Å². The maximum absolute atomic E-state index is 5.53. The summed E-state index contributed by atoms with van der Waals surface area (Å²) in [5.41, 5.74) is 0. The number of hydrogen-bond donors (Lipinski definition) is 0. The minimum Gasteiger partial charge on any atom is -0.381 e. The van der Waals surface area contributed by atoms with Crippen LogP contribution in [0, 0.1) is 5.92 Å². The Bertz CT molecular complexity index is 414. The standard InChI is InChI=1S/C17H28N2O2S/c1-18(13-15-4-8-20-9-5-15)14-16(17-3-2-12-22-17)19-6-10-21-11-7-19/h2-3,12,15-16H,4-11,13-14H2,1H3. The number of likely N-dealkylation sites (N-methyl/N-ethyl adjacent to an activating group) is 1. The average molecular weight is 324 g/mol. The molecule has 0 saturated carbocycles. The molecule has 2 aliphatic heterocycles. The molecule has 1 aromatic rings. The maximum atomic E-state index is 5.53. The van der Waals surface area contributed by atoms with Crippen LogP contribution in [0.1, 0.15) is 23.8 Å². The zero-order valence-corrected chi connectivity index (χ0v) is 14.4. The molecule has 0 aromatic carbocycles. The smallest absolute Gasteiger partial charge is 0.0594 e. The third kappa shape index (κ3) is 4.52. The van der Waals surface area contributed by atoms with Crippen LogP contribution in [0.5, 0.6) is 0 Å². The van der Waals surface area contributed by atoms with Gasteiger partial charge in [0.1, 0.15) is 0 Å². The van der Waals surface area contributed by atoms with Gasteiger partial charge in [0.2, 0.25) is 0 Å². The summed E-state index contributed by atoms with van der Waals surface area (Å²) in [6.45, 7) is 8.01. The fraction of sp³-hybridized carbons (Fsp3) is 0.765. The Morgan fingerprint density at radius 2 is 1.95 bits per heavy atom. The molecule has 2 aliphatic rings. The number of thiophene rings is 1. The number of rotatable bonds is 6. The first-order valence-electron chi connectivity index (χ1n) is 8.44. The Kier molecular flexibility index (Phi) is 6.27. The van der Waals surface area contributed by atoms with Crippen LogP contribution in [-0.4, -0.2) is 69.5 Å². The van der Waals surface area contributed by atoms with Crippen LogP contribution in [0.4, 0.5) is 0 Å². The van der Waals surface area contributed by atoms with E-state index < -0.39 is 0 Å². The molecule has 22 heavy (non-hydrogen) atoms. The molecule has 1 atom stereocenters. The molecule has 1 aromatic heterocycles. The summed E-state index contributed by atoms with van der Waals surface area (Å²) in [6, 6.07) is 4.97. The maximum Gasteiger partial charge on any atom is 0.0594 e. The van der Waals surface area contributed by atoms with E-state index in [0.717, 1.165) is 52.0 Å². The lowest BCUT2D eigenvalue weighted by molar-refractivity contribution is 0.00639. The highest BCUT2D eigenvalue weighted by atomic mass is 32.1. The molecular formula is C17H28N2O2S. The van der Waals surface area contributed by atoms with Crippen molar-refractivity contribution in [2.45, 2.75) is 18.9 Å². The highest BCUT2D eigenvalue weighted by Crippen LogP contribution is 2.27. The normalized spacial score (nSPS) is 23.0. The molecule has 0 amide bonds. The van der Waals surface area contributed by atoms with Crippen molar-refractivity contribution in [1.29, 1.82) is 0 Å². The van der Waals surface area contributed by atoms with Crippen LogP contribution in [-0.2, 0) is 9.47 Å². The monoisotopic (exact) mass is 324 g/mol. The molecule has 0 aliphatic carbocycles. The molecular weight excluding hydrogens is 296 g/mol. The van der Waals surface area contributed by atoms with Crippen LogP contribution in [0.2, 0.25) is 0 Å². The molecule has 0 N–H and O–H groups in total. The average Bonchev–Trinajstić information content (AvgIpc) is 3.08. The number of hydrogen-bond acceptors (Lipinski definition) is 5. The van der Waals surface area contributed by atoms with Crippen molar-refractivity contribution >= 4 is 11.3 Å². The van der Waals surface area contributed by atoms with Gasteiger partial charge in [0.25, 0.3) is 0 Å². The van der Waals surface area contributed by atoms with Gasteiger partial charge in [-0.05, 0) is 37.3 Å². The molecule has 3 rings (SSSR count). The van der Waals surface area contributed by atoms with Crippen molar-refractivity contribution in [3.8, 4) is 0 Å². The van der Waals surface area contributed by atoms with E-state index in [1.165, 1.54) is 24.3 Å². The fourth-order valence-corrected chi connectivity index (χ4v) is 4.35. The van der Waals surface area contributed by atoms with E-state index in [1.807, 2.05) is 11.3 Å². The Morgan fingerprint density at radius 1 is 1.23 bits per heavy atom. The third-order valence-electron chi connectivity index (χ3n) is 4.75. The Morgan fingerprint density at radius 3 is 2.64 bits per heavy atom. The highest BCUT2D eigenvalue weighted by Gasteiger charge is 2.25. The van der Waals surface area contributed by atoms with Crippen LogP contribution in [0.3, 0.4) is 0 Å². The van der Waals surface area contributed by atoms with Gasteiger partial charge in [-0.3, -0.25) is 4.90 Å². The van der Waals surface area contributed by atoms with Crippen LogP contribution in [0.25, 0.3) is 0 Å². The van der Waals surface area contributed by atoms with E-state index >= 15 is 0 Å². The summed E-state index contributed by atoms with van der Waals surface area (Å²) in [4.78, 5) is 6.60. The van der Waals surface area contributed by atoms with Crippen LogP contribution in [0.15, 0.2) is 17.5 Å². The first kappa shape index (κ1) is 16.4. The molecule has 0 spiro atoms. The zero-order valence-electron chi connectivity index (χ0n) is 13.6. The first-order chi connectivity index (χ1) is 10.8. The van der Waals surface area contributed by atoms with E-state index in [0.29, 0.717) is 6.04 Å². The van der Waals surface area contributed by atoms with Crippen molar-refractivity contribution in [2.24, 2.45) is 5.92 Å². The second-order valence-electron chi connectivity index (χ2n) is 6.46. The summed E-state index contributed by atoms with van der Waals surface area (Å²) < 4.78 is 11.0. The second-order valence-corrected chi connectivity index (χ2v) is 7.44. The highest BCUT2D eigenvalue weighted by molar-refractivity contribution is 7.10. The fourth-order valence-electron chi connectivity index (χ4n) is 3.49. The zero-order chi connectivity index (χ0) is 15.2. The van der Waals surface area contributed by atoms with E-state index in [2.05, 4.69) is 34.4 Å². The Hall–Kier alpha value is -0.460. The van der Waals surface area contributed by atoms with Gasteiger partial charge < -0.3 is 14.4 Å². The molecule has 124 valence electrons. The van der Waals surface area contributed by atoms with Gasteiger partial charge in [0.05, 0.1) is 19.3 Å². The molecule has 1 unspecified atom stereocenters. The molecule has 2 saturated heterocycles. The number of ether oxygens (including phenoxy) is 2. The van der Waals surface area contributed by atoms with Gasteiger partial charge in [0.15, 0.2) is 0 Å². The lowest BCUT2D eigenvalue weighted by Gasteiger charge is -2.37. The minimum absolute atomic E-state index is 0.508. The molecule has 0 radical (unpaired) electrons. The quantitative estimate of drug-likeness (QED) is 0.803. The first-order valence-corrected chi connectivity index (χ1v) is 9.32. The van der Waals surface area contributed by atoms with Gasteiger partial charge in [0, 0.05) is 44.3 Å². The summed E-state index contributed by atoms with van der Waals surface area (Å²) in [7, 11) is 2.27. The second kappa shape index (κ2) is 8.41. The van der Waals surface area contributed by atoms with Gasteiger partial charge in [-0.15, -0.1) is 11.3 Å². The molecule has 4 nitrogen and oxygen atoms in total. The number of nitrogens with zero attached hydrogens (tertiary/aromatic N) is 2. The van der Waals surface area contributed by atoms with E-state index in [1.54, 1.807) is 0 Å². The summed E-state index contributed by atoms with van der Waals surface area (Å²) in [6.07, 6.45) is 2.43. The Labute approximate surface area is 138 Å². The van der Waals surface area contributed by atoms with Crippen molar-refractivity contribution in [2.75, 3.05) is 59.7 Å². The number of morpholine rings is 1. The minimum atomic E-state index is 0.508. The predicted octanol–water partition coefficient (Wildman–Crippen LogP) is 2.48. The molecule has 2 fully saturated rings. The third-order valence-corrected chi connectivity index (χ3v) is 5.73. The van der Waals surface area contributed by atoms with Crippen LogP contribution >= 0.6 is 11.3 Å². The van der Waals surface area contributed by atoms with Crippen molar-refractivity contribution < 1.29 is 9.47 Å². The van der Waals surface area contributed by atoms with Crippen LogP contribution < -0.4 is 0 Å². The molecule has 0 bridgehead atoms. The summed E-state index contributed by atoms with van der Waals surface area (Å²) in [5, 5.41) is 2.20. The molecule has 3 heterocycles. The molecule has 5 heteroatoms. The largest absolute Gasteiger partial charge is 0.381 e. The van der Waals surface area contributed by atoms with Gasteiger partial charge in [-0.2, -0.15) is 0 Å². The summed E-state index contributed by atoms with van der Waals surface area (Å²) in [5.74, 6) is 0.799. The lowest BCUT2D eigenvalue weighted by atomic mass is 9.99. The Balaban J connectivity index is 1.59. The van der Waals surface area contributed by atoms with E-state index in [9.17, 15) is 0 Å².